The van der Waals surface area contributed by atoms with Gasteiger partial charge in [0.25, 0.3) is 0 Å². The topological polar surface area (TPSA) is 61.2 Å². The second-order valence-corrected chi connectivity index (χ2v) is 7.59. The fourth-order valence-electron chi connectivity index (χ4n) is 1.18. The molecule has 0 N–H and O–H groups in total. The lowest BCUT2D eigenvalue weighted by Gasteiger charge is -2.19. The molecule has 1 atom stereocenters. The third-order valence-corrected chi connectivity index (χ3v) is 3.92. The van der Waals surface area contributed by atoms with E-state index >= 15 is 0 Å². The monoisotopic (exact) mass is 331 g/mol. The van der Waals surface area contributed by atoms with Crippen LogP contribution in [0.25, 0.3) is 0 Å². The van der Waals surface area contributed by atoms with Crippen LogP contribution >= 0.6 is 15.9 Å². The van der Waals surface area contributed by atoms with Gasteiger partial charge >= 0.3 is 0 Å². The van der Waals surface area contributed by atoms with Crippen LogP contribution in [0.1, 0.15) is 46.2 Å². The number of nitrogens with zero attached hydrogens (tertiary/aromatic N) is 3. The van der Waals surface area contributed by atoms with Crippen LogP contribution in [0.2, 0.25) is 0 Å². The molecule has 100 valence electrons. The van der Waals surface area contributed by atoms with Crippen LogP contribution in [-0.4, -0.2) is 25.0 Å². The Hall–Kier alpha value is -0.460. The lowest BCUT2D eigenvalue weighted by atomic mass is 10.2. The second-order valence-electron chi connectivity index (χ2n) is 4.88. The van der Waals surface area contributed by atoms with Crippen molar-refractivity contribution in [3.05, 3.63) is 22.7 Å². The predicted octanol–water partition coefficient (Wildman–Crippen LogP) is 3.29. The highest BCUT2D eigenvalue weighted by Crippen LogP contribution is 2.19. The maximum atomic E-state index is 12.1. The summed E-state index contributed by atoms with van der Waals surface area (Å²) in [6.45, 7) is 7.77. The molecule has 1 aromatic heterocycles. The summed E-state index contributed by atoms with van der Waals surface area (Å²) in [7, 11) is 0. The van der Waals surface area contributed by atoms with Gasteiger partial charge in [-0.15, -0.1) is 0 Å². The van der Waals surface area contributed by atoms with Crippen molar-refractivity contribution in [2.75, 3.05) is 0 Å². The van der Waals surface area contributed by atoms with E-state index in [1.807, 2.05) is 20.8 Å². The zero-order chi connectivity index (χ0) is 13.8. The molecule has 0 aliphatic carbocycles. The van der Waals surface area contributed by atoms with Crippen molar-refractivity contribution < 1.29 is 4.55 Å². The zero-order valence-electron chi connectivity index (χ0n) is 11.1. The van der Waals surface area contributed by atoms with Crippen LogP contribution in [0.15, 0.2) is 21.4 Å². The highest BCUT2D eigenvalue weighted by atomic mass is 79.9. The normalized spacial score (nSPS) is 14.7. The molecule has 0 unspecified atom stereocenters. The Bertz CT molecular complexity index is 432. The maximum absolute atomic E-state index is 12.1. The molecule has 6 heteroatoms. The van der Waals surface area contributed by atoms with Gasteiger partial charge in [-0.3, -0.25) is 4.98 Å². The summed E-state index contributed by atoms with van der Waals surface area (Å²) in [4.78, 5) is 8.38. The summed E-state index contributed by atoms with van der Waals surface area (Å²) in [5, 5.41) is 0. The molecule has 1 aromatic rings. The molecule has 0 saturated heterocycles. The van der Waals surface area contributed by atoms with Gasteiger partial charge in [0.05, 0.1) is 12.4 Å². The molecule has 0 bridgehead atoms. The highest BCUT2D eigenvalue weighted by molar-refractivity contribution is 9.10. The molecule has 0 aromatic carbocycles. The summed E-state index contributed by atoms with van der Waals surface area (Å²) in [6, 6.07) is 0. The van der Waals surface area contributed by atoms with Gasteiger partial charge in [-0.05, 0) is 43.1 Å². The van der Waals surface area contributed by atoms with Gasteiger partial charge in [-0.25, -0.2) is 4.98 Å². The lowest BCUT2D eigenvalue weighted by Crippen LogP contribution is -2.27. The standard InChI is InChI=1S/C12H18BrN3OS/c1-5-6-9(16-18(17)12(2,3)4)10-7-14-8-11(13)15-10/h7-8H,5-6H2,1-4H3/b16-9+/t18-/m1/s1. The minimum absolute atomic E-state index is 0.363. The Morgan fingerprint density at radius 3 is 2.61 bits per heavy atom. The number of hydrogen-bond donors (Lipinski definition) is 0. The molecular formula is C12H18BrN3OS. The number of hydrogen-bond acceptors (Lipinski definition) is 4. The summed E-state index contributed by atoms with van der Waals surface area (Å²) >= 11 is 2.01. The molecule has 4 nitrogen and oxygen atoms in total. The minimum atomic E-state index is -1.27. The van der Waals surface area contributed by atoms with E-state index < -0.39 is 11.4 Å². The molecule has 0 spiro atoms. The van der Waals surface area contributed by atoms with Gasteiger partial charge in [-0.1, -0.05) is 17.7 Å². The molecular weight excluding hydrogens is 314 g/mol. The predicted molar refractivity (Wildman–Crippen MR) is 79.1 cm³/mol. The Kier molecular flexibility index (Phi) is 5.75. The van der Waals surface area contributed by atoms with Crippen LogP contribution in [0.5, 0.6) is 0 Å². The molecule has 1 heterocycles. The summed E-state index contributed by atoms with van der Waals surface area (Å²) in [6.07, 6.45) is 4.94. The second kappa shape index (κ2) is 6.63. The van der Waals surface area contributed by atoms with Crippen molar-refractivity contribution in [2.24, 2.45) is 4.40 Å². The molecule has 18 heavy (non-hydrogen) atoms. The van der Waals surface area contributed by atoms with E-state index in [1.54, 1.807) is 12.4 Å². The maximum Gasteiger partial charge on any atom is 0.144 e. The van der Waals surface area contributed by atoms with E-state index in [4.69, 9.17) is 0 Å². The van der Waals surface area contributed by atoms with Crippen LogP contribution in [0.3, 0.4) is 0 Å². The smallest absolute Gasteiger partial charge is 0.144 e. The molecule has 0 saturated carbocycles. The molecule has 0 radical (unpaired) electrons. The molecule has 0 aliphatic rings. The highest BCUT2D eigenvalue weighted by Gasteiger charge is 2.27. The van der Waals surface area contributed by atoms with E-state index in [1.165, 1.54) is 0 Å². The average Bonchev–Trinajstić information content (AvgIpc) is 2.27. The average molecular weight is 332 g/mol. The van der Waals surface area contributed by atoms with E-state index in [0.717, 1.165) is 18.6 Å². The summed E-state index contributed by atoms with van der Waals surface area (Å²) < 4.78 is 16.7. The fourth-order valence-corrected chi connectivity index (χ4v) is 2.14. The third-order valence-electron chi connectivity index (χ3n) is 2.10. The Balaban J connectivity index is 3.06. The summed E-state index contributed by atoms with van der Waals surface area (Å²) in [5.41, 5.74) is 1.43. The first kappa shape index (κ1) is 15.6. The van der Waals surface area contributed by atoms with Gasteiger partial charge in [0.1, 0.15) is 32.1 Å². The van der Waals surface area contributed by atoms with Crippen molar-refractivity contribution in [3.8, 4) is 0 Å². The van der Waals surface area contributed by atoms with Crippen LogP contribution < -0.4 is 0 Å². The van der Waals surface area contributed by atoms with Gasteiger partial charge in [0, 0.05) is 0 Å². The molecule has 0 amide bonds. The van der Waals surface area contributed by atoms with E-state index in [2.05, 4.69) is 37.2 Å². The van der Waals surface area contributed by atoms with Crippen LogP contribution in [0.4, 0.5) is 0 Å². The quantitative estimate of drug-likeness (QED) is 0.628. The minimum Gasteiger partial charge on any atom is -0.591 e. The van der Waals surface area contributed by atoms with Gasteiger partial charge < -0.3 is 4.55 Å². The number of halogens is 1. The van der Waals surface area contributed by atoms with Crippen molar-refractivity contribution in [1.82, 2.24) is 9.97 Å². The number of aromatic nitrogens is 2. The van der Waals surface area contributed by atoms with Gasteiger partial charge in [0.2, 0.25) is 0 Å². The van der Waals surface area contributed by atoms with Crippen molar-refractivity contribution >= 4 is 33.0 Å². The molecule has 0 fully saturated rings. The zero-order valence-corrected chi connectivity index (χ0v) is 13.5. The fraction of sp³-hybridized carbons (Fsp3) is 0.583. The first-order valence-electron chi connectivity index (χ1n) is 5.82. The lowest BCUT2D eigenvalue weighted by molar-refractivity contribution is 0.561. The molecule has 0 aliphatic heterocycles. The SMILES string of the molecule is CCC/C(=N\[S@+]([O-])C(C)(C)C)c1cncc(Br)n1. The van der Waals surface area contributed by atoms with Crippen molar-refractivity contribution in [1.29, 1.82) is 0 Å². The Morgan fingerprint density at radius 1 is 1.44 bits per heavy atom. The van der Waals surface area contributed by atoms with Crippen LogP contribution in [0, 0.1) is 0 Å². The van der Waals surface area contributed by atoms with Crippen molar-refractivity contribution in [3.63, 3.8) is 0 Å². The van der Waals surface area contributed by atoms with Crippen LogP contribution in [-0.2, 0) is 11.4 Å². The first-order valence-corrected chi connectivity index (χ1v) is 7.72. The van der Waals surface area contributed by atoms with Gasteiger partial charge in [0.15, 0.2) is 0 Å². The Labute approximate surface area is 120 Å². The first-order chi connectivity index (χ1) is 8.34. The van der Waals surface area contributed by atoms with E-state index in [0.29, 0.717) is 10.3 Å². The van der Waals surface area contributed by atoms with Crippen molar-refractivity contribution in [2.45, 2.75) is 45.3 Å². The van der Waals surface area contributed by atoms with E-state index in [-0.39, 0.29) is 4.75 Å². The molecule has 1 rings (SSSR count). The number of rotatable bonds is 4. The third kappa shape index (κ3) is 4.66. The van der Waals surface area contributed by atoms with Gasteiger partial charge in [-0.2, -0.15) is 0 Å². The Morgan fingerprint density at radius 2 is 2.11 bits per heavy atom. The summed E-state index contributed by atoms with van der Waals surface area (Å²) in [5.74, 6) is 0. The van der Waals surface area contributed by atoms with E-state index in [9.17, 15) is 4.55 Å². The largest absolute Gasteiger partial charge is 0.591 e.